The predicted octanol–water partition coefficient (Wildman–Crippen LogP) is 2.61. The van der Waals surface area contributed by atoms with E-state index in [-0.39, 0.29) is 5.75 Å². The molecule has 2 rings (SSSR count). The third kappa shape index (κ3) is 2.49. The second kappa shape index (κ2) is 4.52. The van der Waals surface area contributed by atoms with Gasteiger partial charge >= 0.3 is 0 Å². The minimum atomic E-state index is -1.03. The fourth-order valence-electron chi connectivity index (χ4n) is 2.54. The summed E-state index contributed by atoms with van der Waals surface area (Å²) in [7, 11) is 1.42. The lowest BCUT2D eigenvalue weighted by Crippen LogP contribution is -2.43. The van der Waals surface area contributed by atoms with Crippen LogP contribution in [0.25, 0.3) is 0 Å². The van der Waals surface area contributed by atoms with Crippen LogP contribution in [-0.4, -0.2) is 24.4 Å². The Bertz CT molecular complexity index is 445. The summed E-state index contributed by atoms with van der Waals surface area (Å²) in [5.74, 6) is -0.263. The third-order valence-electron chi connectivity index (χ3n) is 3.42. The standard InChI is InChI=1S/C14H19FO3/c1-13(2)9-14(16,6-7-18-13)10-4-5-12(17-3)11(15)8-10/h4-5,8,16H,6-7,9H2,1-3H3. The first-order valence-electron chi connectivity index (χ1n) is 6.07. The SMILES string of the molecule is COc1ccc(C2(O)CCOC(C)(C)C2)cc1F. The van der Waals surface area contributed by atoms with Crippen LogP contribution in [0.3, 0.4) is 0 Å². The molecule has 1 aromatic carbocycles. The third-order valence-corrected chi connectivity index (χ3v) is 3.42. The van der Waals surface area contributed by atoms with Crippen LogP contribution in [-0.2, 0) is 10.3 Å². The van der Waals surface area contributed by atoms with Crippen molar-refractivity contribution in [2.75, 3.05) is 13.7 Å². The molecule has 0 saturated carbocycles. The number of rotatable bonds is 2. The number of methoxy groups -OCH3 is 1. The van der Waals surface area contributed by atoms with Crippen LogP contribution in [0, 0.1) is 5.82 Å². The smallest absolute Gasteiger partial charge is 0.165 e. The van der Waals surface area contributed by atoms with Crippen molar-refractivity contribution in [2.45, 2.75) is 37.9 Å². The molecule has 1 aromatic rings. The fourth-order valence-corrected chi connectivity index (χ4v) is 2.54. The van der Waals surface area contributed by atoms with Crippen molar-refractivity contribution in [3.05, 3.63) is 29.6 Å². The van der Waals surface area contributed by atoms with Crippen LogP contribution in [0.15, 0.2) is 18.2 Å². The van der Waals surface area contributed by atoms with Crippen molar-refractivity contribution < 1.29 is 19.0 Å². The Morgan fingerprint density at radius 3 is 2.67 bits per heavy atom. The van der Waals surface area contributed by atoms with Crippen molar-refractivity contribution in [2.24, 2.45) is 0 Å². The fraction of sp³-hybridized carbons (Fsp3) is 0.571. The number of halogens is 1. The van der Waals surface area contributed by atoms with Crippen molar-refractivity contribution in [3.8, 4) is 5.75 Å². The summed E-state index contributed by atoms with van der Waals surface area (Å²) in [6.45, 7) is 4.32. The normalized spacial score (nSPS) is 26.9. The highest BCUT2D eigenvalue weighted by molar-refractivity contribution is 5.33. The molecule has 1 aliphatic heterocycles. The van der Waals surface area contributed by atoms with E-state index in [4.69, 9.17) is 9.47 Å². The molecule has 3 nitrogen and oxygen atoms in total. The summed E-state index contributed by atoms with van der Waals surface area (Å²) in [6.07, 6.45) is 0.925. The molecule has 1 saturated heterocycles. The largest absolute Gasteiger partial charge is 0.494 e. The van der Waals surface area contributed by atoms with Gasteiger partial charge in [-0.25, -0.2) is 4.39 Å². The summed E-state index contributed by atoms with van der Waals surface area (Å²) in [5.41, 5.74) is -0.852. The van der Waals surface area contributed by atoms with Crippen LogP contribution in [0.5, 0.6) is 5.75 Å². The number of benzene rings is 1. The number of ether oxygens (including phenoxy) is 2. The Morgan fingerprint density at radius 2 is 2.11 bits per heavy atom. The van der Waals surface area contributed by atoms with Gasteiger partial charge in [-0.1, -0.05) is 6.07 Å². The highest BCUT2D eigenvalue weighted by Crippen LogP contribution is 2.40. The Balaban J connectivity index is 2.32. The molecule has 1 unspecified atom stereocenters. The average molecular weight is 254 g/mol. The molecule has 1 N–H and O–H groups in total. The van der Waals surface area contributed by atoms with Crippen LogP contribution >= 0.6 is 0 Å². The second-order valence-corrected chi connectivity index (χ2v) is 5.42. The molecule has 1 aliphatic rings. The lowest BCUT2D eigenvalue weighted by Gasteiger charge is -2.41. The molecule has 1 heterocycles. The van der Waals surface area contributed by atoms with E-state index in [0.717, 1.165) is 0 Å². The van der Waals surface area contributed by atoms with Gasteiger partial charge in [-0.05, 0) is 31.5 Å². The second-order valence-electron chi connectivity index (χ2n) is 5.42. The first kappa shape index (κ1) is 13.3. The maximum Gasteiger partial charge on any atom is 0.165 e. The monoisotopic (exact) mass is 254 g/mol. The van der Waals surface area contributed by atoms with Gasteiger partial charge in [0.1, 0.15) is 0 Å². The maximum absolute atomic E-state index is 13.7. The Morgan fingerprint density at radius 1 is 1.39 bits per heavy atom. The van der Waals surface area contributed by atoms with Crippen LogP contribution < -0.4 is 4.74 Å². The van der Waals surface area contributed by atoms with Gasteiger partial charge in [0.25, 0.3) is 0 Å². The zero-order chi connectivity index (χ0) is 13.4. The van der Waals surface area contributed by atoms with Gasteiger partial charge in [-0.3, -0.25) is 0 Å². The molecule has 100 valence electrons. The average Bonchev–Trinajstić information content (AvgIpc) is 2.27. The predicted molar refractivity (Wildman–Crippen MR) is 66.1 cm³/mol. The van der Waals surface area contributed by atoms with Gasteiger partial charge in [0.15, 0.2) is 11.6 Å². The number of hydrogen-bond acceptors (Lipinski definition) is 3. The van der Waals surface area contributed by atoms with Gasteiger partial charge in [0, 0.05) is 12.8 Å². The summed E-state index contributed by atoms with van der Waals surface area (Å²) < 4.78 is 24.2. The molecule has 1 fully saturated rings. The lowest BCUT2D eigenvalue weighted by molar-refractivity contribution is -0.148. The molecule has 18 heavy (non-hydrogen) atoms. The van der Waals surface area contributed by atoms with E-state index in [0.29, 0.717) is 25.0 Å². The zero-order valence-electron chi connectivity index (χ0n) is 11.0. The number of aliphatic hydroxyl groups is 1. The van der Waals surface area contributed by atoms with Gasteiger partial charge in [-0.15, -0.1) is 0 Å². The molecule has 1 atom stereocenters. The minimum absolute atomic E-state index is 0.189. The molecule has 0 amide bonds. The van der Waals surface area contributed by atoms with E-state index in [1.807, 2.05) is 13.8 Å². The van der Waals surface area contributed by atoms with E-state index >= 15 is 0 Å². The van der Waals surface area contributed by atoms with Gasteiger partial charge in [-0.2, -0.15) is 0 Å². The van der Waals surface area contributed by atoms with Gasteiger partial charge in [0.05, 0.1) is 24.9 Å². The molecule has 0 spiro atoms. The molecular formula is C14H19FO3. The molecule has 0 radical (unpaired) electrons. The van der Waals surface area contributed by atoms with Crippen LogP contribution in [0.4, 0.5) is 4.39 Å². The molecule has 0 aliphatic carbocycles. The molecular weight excluding hydrogens is 235 g/mol. The van der Waals surface area contributed by atoms with Crippen LogP contribution in [0.1, 0.15) is 32.3 Å². The highest BCUT2D eigenvalue weighted by Gasteiger charge is 2.40. The summed E-state index contributed by atoms with van der Waals surface area (Å²) >= 11 is 0. The van der Waals surface area contributed by atoms with Crippen molar-refractivity contribution in [3.63, 3.8) is 0 Å². The number of hydrogen-bond donors (Lipinski definition) is 1. The Kier molecular flexibility index (Phi) is 3.34. The molecule has 0 bridgehead atoms. The topological polar surface area (TPSA) is 38.7 Å². The van der Waals surface area contributed by atoms with Gasteiger partial charge < -0.3 is 14.6 Å². The molecule has 0 aromatic heterocycles. The Labute approximate surface area is 107 Å². The summed E-state index contributed by atoms with van der Waals surface area (Å²) in [5, 5.41) is 10.7. The van der Waals surface area contributed by atoms with Gasteiger partial charge in [0.2, 0.25) is 0 Å². The summed E-state index contributed by atoms with van der Waals surface area (Å²) in [6, 6.07) is 4.61. The van der Waals surface area contributed by atoms with Crippen molar-refractivity contribution in [1.29, 1.82) is 0 Å². The quantitative estimate of drug-likeness (QED) is 0.881. The van der Waals surface area contributed by atoms with Crippen molar-refractivity contribution >= 4 is 0 Å². The first-order valence-corrected chi connectivity index (χ1v) is 6.07. The van der Waals surface area contributed by atoms with Crippen molar-refractivity contribution in [1.82, 2.24) is 0 Å². The van der Waals surface area contributed by atoms with E-state index in [2.05, 4.69) is 0 Å². The maximum atomic E-state index is 13.7. The zero-order valence-corrected chi connectivity index (χ0v) is 11.0. The summed E-state index contributed by atoms with van der Waals surface area (Å²) in [4.78, 5) is 0. The van der Waals surface area contributed by atoms with E-state index in [9.17, 15) is 9.50 Å². The van der Waals surface area contributed by atoms with E-state index in [1.165, 1.54) is 13.2 Å². The minimum Gasteiger partial charge on any atom is -0.494 e. The van der Waals surface area contributed by atoms with Crippen LogP contribution in [0.2, 0.25) is 0 Å². The van der Waals surface area contributed by atoms with E-state index < -0.39 is 17.0 Å². The molecule has 4 heteroatoms. The highest BCUT2D eigenvalue weighted by atomic mass is 19.1. The van der Waals surface area contributed by atoms with E-state index in [1.54, 1.807) is 12.1 Å². The Hall–Kier alpha value is -1.13. The first-order chi connectivity index (χ1) is 8.36. The lowest BCUT2D eigenvalue weighted by atomic mass is 9.79.